The first-order valence-electron chi connectivity index (χ1n) is 7.28. The van der Waals surface area contributed by atoms with Crippen LogP contribution in [0.4, 0.5) is 0 Å². The average molecular weight is 308 g/mol. The number of benzene rings is 2. The van der Waals surface area contributed by atoms with Crippen molar-refractivity contribution in [1.82, 2.24) is 0 Å². The zero-order valence-electron chi connectivity index (χ0n) is 13.2. The van der Waals surface area contributed by atoms with Crippen LogP contribution in [0.15, 0.2) is 51.7 Å². The van der Waals surface area contributed by atoms with Crippen molar-refractivity contribution >= 4 is 16.9 Å². The molecule has 116 valence electrons. The first kappa shape index (κ1) is 15.0. The highest BCUT2D eigenvalue weighted by atomic mass is 16.5. The fourth-order valence-corrected chi connectivity index (χ4v) is 2.47. The second kappa shape index (κ2) is 5.72. The molecule has 0 aliphatic rings. The smallest absolute Gasteiger partial charge is 0.351 e. The van der Waals surface area contributed by atoms with Crippen LogP contribution in [-0.2, 0) is 0 Å². The molecule has 0 radical (unpaired) electrons. The van der Waals surface area contributed by atoms with Crippen LogP contribution in [0.3, 0.4) is 0 Å². The van der Waals surface area contributed by atoms with E-state index in [0.717, 1.165) is 16.7 Å². The number of fused-ring (bicyclic) bond motifs is 1. The maximum atomic E-state index is 12.4. The summed E-state index contributed by atoms with van der Waals surface area (Å²) in [5.74, 6) is -0.252. The van der Waals surface area contributed by atoms with Gasteiger partial charge in [0, 0.05) is 5.39 Å². The van der Waals surface area contributed by atoms with Crippen molar-refractivity contribution in [3.63, 3.8) is 0 Å². The Labute approximate surface area is 133 Å². The molecule has 0 bridgehead atoms. The first-order valence-corrected chi connectivity index (χ1v) is 7.28. The van der Waals surface area contributed by atoms with E-state index >= 15 is 0 Å². The van der Waals surface area contributed by atoms with Crippen LogP contribution in [-0.4, -0.2) is 5.97 Å². The molecular formula is C19H16O4. The fraction of sp³-hybridized carbons (Fsp3) is 0.158. The zero-order valence-corrected chi connectivity index (χ0v) is 13.2. The van der Waals surface area contributed by atoms with E-state index in [1.165, 1.54) is 6.07 Å². The molecular weight excluding hydrogens is 292 g/mol. The van der Waals surface area contributed by atoms with E-state index in [0.29, 0.717) is 16.7 Å². The molecule has 1 aromatic heterocycles. The summed E-state index contributed by atoms with van der Waals surface area (Å²) in [6.45, 7) is 5.75. The lowest BCUT2D eigenvalue weighted by Crippen LogP contribution is -2.19. The van der Waals surface area contributed by atoms with Gasteiger partial charge in [0.1, 0.15) is 16.9 Å². The van der Waals surface area contributed by atoms with Crippen molar-refractivity contribution in [2.24, 2.45) is 0 Å². The third kappa shape index (κ3) is 2.88. The van der Waals surface area contributed by atoms with Crippen LogP contribution in [0, 0.1) is 20.8 Å². The van der Waals surface area contributed by atoms with Crippen LogP contribution < -0.4 is 10.4 Å². The molecule has 0 amide bonds. The Kier molecular flexibility index (Phi) is 3.74. The minimum atomic E-state index is -0.711. The lowest BCUT2D eigenvalue weighted by Gasteiger charge is -2.10. The standard InChI is InChI=1S/C19H16O4/c1-11-8-12(2)13(3)17(9-11)23-19(21)15-10-14-6-4-5-7-16(14)22-18(15)20/h4-10H,1-3H3. The van der Waals surface area contributed by atoms with E-state index in [4.69, 9.17) is 9.15 Å². The van der Waals surface area contributed by atoms with Crippen molar-refractivity contribution < 1.29 is 13.9 Å². The number of rotatable bonds is 2. The maximum Gasteiger partial charge on any atom is 0.351 e. The van der Waals surface area contributed by atoms with Crippen molar-refractivity contribution in [3.8, 4) is 5.75 Å². The highest BCUT2D eigenvalue weighted by Gasteiger charge is 2.17. The van der Waals surface area contributed by atoms with Gasteiger partial charge in [-0.15, -0.1) is 0 Å². The Morgan fingerprint density at radius 1 is 1.04 bits per heavy atom. The van der Waals surface area contributed by atoms with Gasteiger partial charge in [0.25, 0.3) is 0 Å². The summed E-state index contributed by atoms with van der Waals surface area (Å²) >= 11 is 0. The maximum absolute atomic E-state index is 12.4. The summed E-state index contributed by atoms with van der Waals surface area (Å²) in [7, 11) is 0. The minimum absolute atomic E-state index is 0.109. The Morgan fingerprint density at radius 3 is 2.57 bits per heavy atom. The van der Waals surface area contributed by atoms with Gasteiger partial charge in [0.15, 0.2) is 0 Å². The zero-order chi connectivity index (χ0) is 16.6. The summed E-state index contributed by atoms with van der Waals surface area (Å²) < 4.78 is 10.6. The molecule has 0 aliphatic heterocycles. The van der Waals surface area contributed by atoms with Gasteiger partial charge >= 0.3 is 11.6 Å². The molecule has 0 N–H and O–H groups in total. The summed E-state index contributed by atoms with van der Waals surface area (Å²) in [6.07, 6.45) is 0. The van der Waals surface area contributed by atoms with Gasteiger partial charge < -0.3 is 9.15 Å². The van der Waals surface area contributed by atoms with Crippen LogP contribution in [0.1, 0.15) is 27.0 Å². The molecule has 0 fully saturated rings. The molecule has 4 nitrogen and oxygen atoms in total. The van der Waals surface area contributed by atoms with E-state index in [2.05, 4.69) is 0 Å². The third-order valence-corrected chi connectivity index (χ3v) is 3.83. The van der Waals surface area contributed by atoms with Crippen molar-refractivity contribution in [1.29, 1.82) is 0 Å². The topological polar surface area (TPSA) is 56.5 Å². The Hall–Kier alpha value is -2.88. The van der Waals surface area contributed by atoms with Crippen LogP contribution in [0.5, 0.6) is 5.75 Å². The molecule has 0 unspecified atom stereocenters. The van der Waals surface area contributed by atoms with Crippen molar-refractivity contribution in [2.45, 2.75) is 20.8 Å². The SMILES string of the molecule is Cc1cc(C)c(C)c(OC(=O)c2cc3ccccc3oc2=O)c1. The van der Waals surface area contributed by atoms with E-state index in [1.807, 2.05) is 32.9 Å². The number of hydrogen-bond donors (Lipinski definition) is 0. The van der Waals surface area contributed by atoms with Gasteiger partial charge in [-0.2, -0.15) is 0 Å². The largest absolute Gasteiger partial charge is 0.422 e. The molecule has 3 aromatic rings. The molecule has 23 heavy (non-hydrogen) atoms. The number of carbonyl (C=O) groups excluding carboxylic acids is 1. The fourth-order valence-electron chi connectivity index (χ4n) is 2.47. The first-order chi connectivity index (χ1) is 11.0. The van der Waals surface area contributed by atoms with Gasteiger partial charge in [0.05, 0.1) is 0 Å². The molecule has 0 atom stereocenters. The molecule has 0 aliphatic carbocycles. The number of hydrogen-bond acceptors (Lipinski definition) is 4. The number of para-hydroxylation sites is 1. The monoisotopic (exact) mass is 308 g/mol. The van der Waals surface area contributed by atoms with E-state index in [1.54, 1.807) is 24.3 Å². The van der Waals surface area contributed by atoms with E-state index < -0.39 is 11.6 Å². The molecule has 4 heteroatoms. The Balaban J connectivity index is 2.01. The van der Waals surface area contributed by atoms with Gasteiger partial charge in [0.2, 0.25) is 0 Å². The Bertz CT molecular complexity index is 967. The molecule has 0 saturated heterocycles. The third-order valence-electron chi connectivity index (χ3n) is 3.83. The van der Waals surface area contributed by atoms with Crippen LogP contribution in [0.2, 0.25) is 0 Å². The van der Waals surface area contributed by atoms with Gasteiger partial charge in [-0.25, -0.2) is 9.59 Å². The summed E-state index contributed by atoms with van der Waals surface area (Å²) in [4.78, 5) is 24.4. The van der Waals surface area contributed by atoms with Crippen molar-refractivity contribution in [2.75, 3.05) is 0 Å². The number of ether oxygens (including phenoxy) is 1. The molecule has 1 heterocycles. The molecule has 3 rings (SSSR count). The summed E-state index contributed by atoms with van der Waals surface area (Å²) in [5.41, 5.74) is 2.52. The average Bonchev–Trinajstić information content (AvgIpc) is 2.51. The van der Waals surface area contributed by atoms with Gasteiger partial charge in [-0.1, -0.05) is 24.3 Å². The summed E-state index contributed by atoms with van der Waals surface area (Å²) in [5, 5.41) is 0.677. The molecule has 0 saturated carbocycles. The molecule has 2 aromatic carbocycles. The van der Waals surface area contributed by atoms with E-state index in [9.17, 15) is 9.59 Å². The normalized spacial score (nSPS) is 10.7. The number of aryl methyl sites for hydroxylation is 2. The van der Waals surface area contributed by atoms with E-state index in [-0.39, 0.29) is 5.56 Å². The molecule has 0 spiro atoms. The van der Waals surface area contributed by atoms with Crippen LogP contribution in [0.25, 0.3) is 11.0 Å². The minimum Gasteiger partial charge on any atom is -0.422 e. The number of carbonyl (C=O) groups is 1. The predicted octanol–water partition coefficient (Wildman–Crippen LogP) is 3.94. The number of esters is 1. The van der Waals surface area contributed by atoms with Gasteiger partial charge in [-0.05, 0) is 55.7 Å². The van der Waals surface area contributed by atoms with Crippen LogP contribution >= 0.6 is 0 Å². The van der Waals surface area contributed by atoms with Crippen molar-refractivity contribution in [3.05, 3.63) is 75.1 Å². The highest BCUT2D eigenvalue weighted by molar-refractivity contribution is 5.94. The van der Waals surface area contributed by atoms with Gasteiger partial charge in [-0.3, -0.25) is 0 Å². The lowest BCUT2D eigenvalue weighted by molar-refractivity contribution is 0.0729. The quantitative estimate of drug-likeness (QED) is 0.409. The second-order valence-corrected chi connectivity index (χ2v) is 5.58. The second-order valence-electron chi connectivity index (χ2n) is 5.58. The lowest BCUT2D eigenvalue weighted by atomic mass is 10.1. The Morgan fingerprint density at radius 2 is 1.78 bits per heavy atom. The highest BCUT2D eigenvalue weighted by Crippen LogP contribution is 2.24. The summed E-state index contributed by atoms with van der Waals surface area (Å²) in [6, 6.07) is 12.3. The predicted molar refractivity (Wildman–Crippen MR) is 88.1 cm³/mol.